The van der Waals surface area contributed by atoms with Crippen molar-refractivity contribution < 1.29 is 9.59 Å². The SMILES string of the molecule is CN(C)C/C=C/C(=O)Nc1ccc(C(=O)Nc2cccc(Nc3ncc(Cl)c(-c4cn(C)c5ccccc45)n3)c2)cc1. The monoisotopic (exact) mass is 579 g/mol. The van der Waals surface area contributed by atoms with Gasteiger partial charge in [0.2, 0.25) is 11.9 Å². The molecule has 9 nitrogen and oxygen atoms in total. The molecule has 5 aromatic rings. The lowest BCUT2D eigenvalue weighted by Gasteiger charge is -2.10. The molecule has 3 aromatic carbocycles. The molecule has 2 amide bonds. The third-order valence-electron chi connectivity index (χ3n) is 6.43. The number of carbonyl (C=O) groups is 2. The number of hydrogen-bond acceptors (Lipinski definition) is 6. The van der Waals surface area contributed by atoms with Crippen LogP contribution in [0, 0.1) is 0 Å². The third-order valence-corrected chi connectivity index (χ3v) is 6.70. The molecule has 0 radical (unpaired) electrons. The third kappa shape index (κ3) is 6.83. The number of amides is 2. The number of hydrogen-bond donors (Lipinski definition) is 3. The Morgan fingerprint density at radius 1 is 0.952 bits per heavy atom. The number of halogens is 1. The Morgan fingerprint density at radius 3 is 2.50 bits per heavy atom. The molecule has 2 aromatic heterocycles. The van der Waals surface area contributed by atoms with Gasteiger partial charge in [0.15, 0.2) is 0 Å². The molecule has 0 atom stereocenters. The lowest BCUT2D eigenvalue weighted by atomic mass is 10.1. The van der Waals surface area contributed by atoms with E-state index in [0.29, 0.717) is 45.8 Å². The average molecular weight is 580 g/mol. The summed E-state index contributed by atoms with van der Waals surface area (Å²) in [6.45, 7) is 0.669. The van der Waals surface area contributed by atoms with Crippen molar-refractivity contribution in [2.45, 2.75) is 0 Å². The molecular weight excluding hydrogens is 550 g/mol. The molecule has 0 bridgehead atoms. The van der Waals surface area contributed by atoms with Gasteiger partial charge in [-0.3, -0.25) is 9.59 Å². The van der Waals surface area contributed by atoms with Crippen molar-refractivity contribution in [2.75, 3.05) is 36.6 Å². The summed E-state index contributed by atoms with van der Waals surface area (Å²) in [4.78, 5) is 36.0. The zero-order valence-electron chi connectivity index (χ0n) is 23.4. The van der Waals surface area contributed by atoms with Crippen LogP contribution in [0.25, 0.3) is 22.2 Å². The molecule has 0 aliphatic carbocycles. The summed E-state index contributed by atoms with van der Waals surface area (Å²) >= 11 is 6.51. The van der Waals surface area contributed by atoms with E-state index in [4.69, 9.17) is 16.6 Å². The number of benzene rings is 3. The maximum atomic E-state index is 12.9. The van der Waals surface area contributed by atoms with Crippen molar-refractivity contribution in [3.63, 3.8) is 0 Å². The molecular formula is C32H30ClN7O2. The van der Waals surface area contributed by atoms with Gasteiger partial charge in [-0.1, -0.05) is 41.9 Å². The van der Waals surface area contributed by atoms with Gasteiger partial charge in [0, 0.05) is 65.0 Å². The number of nitrogens with zero attached hydrogens (tertiary/aromatic N) is 4. The Labute approximate surface area is 248 Å². The molecule has 0 fully saturated rings. The number of nitrogens with one attached hydrogen (secondary N) is 3. The summed E-state index contributed by atoms with van der Waals surface area (Å²) in [6, 6.07) is 22.0. The molecule has 212 valence electrons. The summed E-state index contributed by atoms with van der Waals surface area (Å²) in [5, 5.41) is 10.4. The van der Waals surface area contributed by atoms with Crippen molar-refractivity contribution in [1.29, 1.82) is 0 Å². The first-order valence-electron chi connectivity index (χ1n) is 13.2. The Hall–Kier alpha value is -4.99. The van der Waals surface area contributed by atoms with Crippen LogP contribution in [0.4, 0.5) is 23.0 Å². The predicted molar refractivity (Wildman–Crippen MR) is 169 cm³/mol. The lowest BCUT2D eigenvalue weighted by molar-refractivity contribution is -0.111. The molecule has 0 unspecified atom stereocenters. The summed E-state index contributed by atoms with van der Waals surface area (Å²) in [7, 11) is 5.84. The Morgan fingerprint density at radius 2 is 1.71 bits per heavy atom. The summed E-state index contributed by atoms with van der Waals surface area (Å²) in [5.74, 6) is -0.135. The fraction of sp³-hybridized carbons (Fsp3) is 0.125. The van der Waals surface area contributed by atoms with E-state index in [0.717, 1.165) is 16.5 Å². The Kier molecular flexibility index (Phi) is 8.61. The zero-order valence-corrected chi connectivity index (χ0v) is 24.2. The van der Waals surface area contributed by atoms with Crippen LogP contribution >= 0.6 is 11.6 Å². The van der Waals surface area contributed by atoms with Gasteiger partial charge in [-0.2, -0.15) is 0 Å². The largest absolute Gasteiger partial charge is 0.350 e. The first-order chi connectivity index (χ1) is 20.3. The number of aryl methyl sites for hydroxylation is 1. The second kappa shape index (κ2) is 12.7. The molecule has 0 aliphatic heterocycles. The lowest BCUT2D eigenvalue weighted by Crippen LogP contribution is -2.13. The highest BCUT2D eigenvalue weighted by Crippen LogP contribution is 2.34. The van der Waals surface area contributed by atoms with Crippen molar-refractivity contribution in [1.82, 2.24) is 19.4 Å². The molecule has 0 aliphatic rings. The van der Waals surface area contributed by atoms with Crippen LogP contribution in [0.15, 0.2) is 97.3 Å². The fourth-order valence-electron chi connectivity index (χ4n) is 4.41. The molecule has 10 heteroatoms. The molecule has 0 spiro atoms. The van der Waals surface area contributed by atoms with E-state index in [2.05, 4.69) is 20.9 Å². The number of rotatable bonds is 9. The normalized spacial score (nSPS) is 11.3. The second-order valence-electron chi connectivity index (χ2n) is 9.95. The van der Waals surface area contributed by atoms with Crippen LogP contribution in [0.2, 0.25) is 5.02 Å². The van der Waals surface area contributed by atoms with Crippen LogP contribution < -0.4 is 16.0 Å². The van der Waals surface area contributed by atoms with Gasteiger partial charge in [-0.05, 0) is 62.6 Å². The van der Waals surface area contributed by atoms with Crippen LogP contribution in [-0.4, -0.2) is 51.9 Å². The van der Waals surface area contributed by atoms with Crippen LogP contribution in [0.1, 0.15) is 10.4 Å². The molecule has 0 saturated carbocycles. The average Bonchev–Trinajstić information content (AvgIpc) is 3.30. The van der Waals surface area contributed by atoms with Gasteiger partial charge in [-0.15, -0.1) is 0 Å². The van der Waals surface area contributed by atoms with Gasteiger partial charge in [-0.25, -0.2) is 9.97 Å². The summed E-state index contributed by atoms with van der Waals surface area (Å²) in [5.41, 5.74) is 4.96. The Bertz CT molecular complexity index is 1780. The van der Waals surface area contributed by atoms with E-state index < -0.39 is 0 Å². The van der Waals surface area contributed by atoms with Crippen LogP contribution in [0.3, 0.4) is 0 Å². The summed E-state index contributed by atoms with van der Waals surface area (Å²) in [6.07, 6.45) is 6.85. The number of para-hydroxylation sites is 1. The van der Waals surface area contributed by atoms with Crippen molar-refractivity contribution in [3.05, 3.63) is 108 Å². The number of aromatic nitrogens is 3. The van der Waals surface area contributed by atoms with E-state index in [1.807, 2.05) is 73.2 Å². The number of carbonyl (C=O) groups excluding carboxylic acids is 2. The maximum Gasteiger partial charge on any atom is 0.255 e. The van der Waals surface area contributed by atoms with Crippen LogP contribution in [0.5, 0.6) is 0 Å². The van der Waals surface area contributed by atoms with E-state index in [9.17, 15) is 9.59 Å². The predicted octanol–water partition coefficient (Wildman–Crippen LogP) is 6.34. The number of fused-ring (bicyclic) bond motifs is 1. The fourth-order valence-corrected chi connectivity index (χ4v) is 4.61. The van der Waals surface area contributed by atoms with Gasteiger partial charge in [0.25, 0.3) is 5.91 Å². The maximum absolute atomic E-state index is 12.9. The molecule has 5 rings (SSSR count). The van der Waals surface area contributed by atoms with Crippen molar-refractivity contribution >= 4 is 57.3 Å². The van der Waals surface area contributed by atoms with Crippen molar-refractivity contribution in [2.24, 2.45) is 7.05 Å². The van der Waals surface area contributed by atoms with Gasteiger partial charge < -0.3 is 25.4 Å². The van der Waals surface area contributed by atoms with Gasteiger partial charge in [0.05, 0.1) is 16.9 Å². The highest BCUT2D eigenvalue weighted by molar-refractivity contribution is 6.33. The first-order valence-corrected chi connectivity index (χ1v) is 13.6. The van der Waals surface area contributed by atoms with E-state index in [-0.39, 0.29) is 11.8 Å². The van der Waals surface area contributed by atoms with Crippen LogP contribution in [-0.2, 0) is 11.8 Å². The summed E-state index contributed by atoms with van der Waals surface area (Å²) < 4.78 is 2.04. The van der Waals surface area contributed by atoms with E-state index in [1.54, 1.807) is 48.7 Å². The van der Waals surface area contributed by atoms with Crippen molar-refractivity contribution in [3.8, 4) is 11.3 Å². The number of likely N-dealkylation sites (N-methyl/N-ethyl adjacent to an activating group) is 1. The van der Waals surface area contributed by atoms with E-state index >= 15 is 0 Å². The molecule has 3 N–H and O–H groups in total. The highest BCUT2D eigenvalue weighted by Gasteiger charge is 2.15. The van der Waals surface area contributed by atoms with Gasteiger partial charge in [0.1, 0.15) is 0 Å². The highest BCUT2D eigenvalue weighted by atomic mass is 35.5. The molecule has 0 saturated heterocycles. The standard InChI is InChI=1S/C32H30ClN7O2/c1-39(2)17-7-12-29(41)35-22-15-13-21(14-16-22)31(42)36-23-8-6-9-24(18-23)37-32-34-19-27(33)30(38-32)26-20-40(3)28-11-5-4-10-25(26)28/h4-16,18-20H,17H2,1-3H3,(H,35,41)(H,36,42)(H,34,37,38)/b12-7+. The van der Waals surface area contributed by atoms with Gasteiger partial charge >= 0.3 is 0 Å². The quantitative estimate of drug-likeness (QED) is 0.176. The zero-order chi connectivity index (χ0) is 29.6. The minimum Gasteiger partial charge on any atom is -0.350 e. The smallest absolute Gasteiger partial charge is 0.255 e. The minimum atomic E-state index is -0.281. The molecule has 42 heavy (non-hydrogen) atoms. The van der Waals surface area contributed by atoms with E-state index in [1.165, 1.54) is 6.08 Å². The first kappa shape index (κ1) is 28.5. The Balaban J connectivity index is 1.26. The molecule has 2 heterocycles. The topological polar surface area (TPSA) is 104 Å². The number of anilines is 4. The minimum absolute atomic E-state index is 0.229. The second-order valence-corrected chi connectivity index (χ2v) is 10.4.